The lowest BCUT2D eigenvalue weighted by Crippen LogP contribution is -2.37. The largest absolute Gasteiger partial charge is 0.346 e. The maximum absolute atomic E-state index is 10.8. The summed E-state index contributed by atoms with van der Waals surface area (Å²) in [5, 5.41) is 2.51. The van der Waals surface area contributed by atoms with Gasteiger partial charge in [0.25, 0.3) is 0 Å². The highest BCUT2D eigenvalue weighted by atomic mass is 35.5. The Bertz CT molecular complexity index is 159. The molecule has 0 aromatic rings. The summed E-state index contributed by atoms with van der Waals surface area (Å²) in [5.41, 5.74) is 0. The van der Waals surface area contributed by atoms with Crippen molar-refractivity contribution in [1.29, 1.82) is 0 Å². The summed E-state index contributed by atoms with van der Waals surface area (Å²) in [5.74, 6) is -0.00662. The Morgan fingerprint density at radius 2 is 2.17 bits per heavy atom. The number of halogens is 1. The zero-order chi connectivity index (χ0) is 9.56. The fourth-order valence-corrected chi connectivity index (χ4v) is 0.979. The fraction of sp³-hybridized carbons (Fsp3) is 0.750. The minimum atomic E-state index is -0.392. The molecule has 70 valence electrons. The van der Waals surface area contributed by atoms with Crippen LogP contribution in [0.15, 0.2) is 0 Å². The first-order chi connectivity index (χ1) is 5.60. The molecule has 0 aliphatic heterocycles. The first-order valence-corrected chi connectivity index (χ1v) is 4.44. The molecule has 0 radical (unpaired) electrons. The van der Waals surface area contributed by atoms with Crippen LogP contribution in [0.4, 0.5) is 0 Å². The number of carbonyl (C=O) groups excluding carboxylic acids is 2. The summed E-state index contributed by atoms with van der Waals surface area (Å²) >= 11 is 5.26. The first kappa shape index (κ1) is 11.4. The van der Waals surface area contributed by atoms with Gasteiger partial charge in [-0.25, -0.2) is 0 Å². The van der Waals surface area contributed by atoms with Gasteiger partial charge in [0.05, 0.1) is 6.04 Å². The molecular weight excluding hydrogens is 178 g/mol. The van der Waals surface area contributed by atoms with E-state index in [9.17, 15) is 9.59 Å². The molecule has 1 amide bonds. The zero-order valence-corrected chi connectivity index (χ0v) is 8.10. The quantitative estimate of drug-likeness (QED) is 0.520. The van der Waals surface area contributed by atoms with Crippen molar-refractivity contribution < 1.29 is 9.59 Å². The molecular formula is C8H14ClNO2. The minimum absolute atomic E-state index is 0.0948. The monoisotopic (exact) mass is 191 g/mol. The van der Waals surface area contributed by atoms with Gasteiger partial charge in [-0.3, -0.25) is 4.79 Å². The second kappa shape index (κ2) is 6.00. The van der Waals surface area contributed by atoms with Crippen LogP contribution in [-0.4, -0.2) is 24.1 Å². The van der Waals surface area contributed by atoms with E-state index in [-0.39, 0.29) is 11.8 Å². The van der Waals surface area contributed by atoms with Crippen molar-refractivity contribution in [3.63, 3.8) is 0 Å². The van der Waals surface area contributed by atoms with E-state index < -0.39 is 6.04 Å². The molecule has 0 heterocycles. The van der Waals surface area contributed by atoms with Gasteiger partial charge in [0.15, 0.2) is 0 Å². The summed E-state index contributed by atoms with van der Waals surface area (Å²) in [6.45, 7) is 3.98. The number of alkyl halides is 1. The number of hydrogen-bond acceptors (Lipinski definition) is 2. The van der Waals surface area contributed by atoms with Crippen LogP contribution in [0.1, 0.15) is 20.3 Å². The molecule has 0 aliphatic rings. The van der Waals surface area contributed by atoms with Crippen molar-refractivity contribution in [2.75, 3.05) is 5.88 Å². The highest BCUT2D eigenvalue weighted by Gasteiger charge is 2.11. The number of carbonyl (C=O) groups is 2. The maximum Gasteiger partial charge on any atom is 0.235 e. The van der Waals surface area contributed by atoms with E-state index in [1.54, 1.807) is 0 Å². The van der Waals surface area contributed by atoms with E-state index in [4.69, 9.17) is 11.6 Å². The smallest absolute Gasteiger partial charge is 0.235 e. The SMILES string of the molecule is CC(C)CC(C=O)NC(=O)CCl. The van der Waals surface area contributed by atoms with E-state index in [2.05, 4.69) is 5.32 Å². The van der Waals surface area contributed by atoms with Crippen LogP contribution in [0.2, 0.25) is 0 Å². The molecule has 12 heavy (non-hydrogen) atoms. The Morgan fingerprint density at radius 1 is 1.58 bits per heavy atom. The summed E-state index contributed by atoms with van der Waals surface area (Å²) < 4.78 is 0. The van der Waals surface area contributed by atoms with Gasteiger partial charge in [0.2, 0.25) is 5.91 Å². The lowest BCUT2D eigenvalue weighted by molar-refractivity contribution is -0.122. The topological polar surface area (TPSA) is 46.2 Å². The Balaban J connectivity index is 3.82. The van der Waals surface area contributed by atoms with Crippen LogP contribution in [0.3, 0.4) is 0 Å². The molecule has 4 heteroatoms. The predicted octanol–water partition coefficient (Wildman–Crippen LogP) is 0.955. The number of aldehydes is 1. The van der Waals surface area contributed by atoms with Crippen LogP contribution >= 0.6 is 11.6 Å². The molecule has 0 saturated heterocycles. The second-order valence-corrected chi connectivity index (χ2v) is 3.34. The van der Waals surface area contributed by atoms with Gasteiger partial charge < -0.3 is 10.1 Å². The van der Waals surface area contributed by atoms with Gasteiger partial charge >= 0.3 is 0 Å². The van der Waals surface area contributed by atoms with E-state index in [1.807, 2.05) is 13.8 Å². The number of nitrogens with one attached hydrogen (secondary N) is 1. The van der Waals surface area contributed by atoms with Gasteiger partial charge in [-0.15, -0.1) is 11.6 Å². The fourth-order valence-electron chi connectivity index (χ4n) is 0.902. The van der Waals surface area contributed by atoms with Crippen LogP contribution in [0.25, 0.3) is 0 Å². The van der Waals surface area contributed by atoms with E-state index in [0.29, 0.717) is 12.3 Å². The van der Waals surface area contributed by atoms with E-state index >= 15 is 0 Å². The van der Waals surface area contributed by atoms with Crippen molar-refractivity contribution in [3.05, 3.63) is 0 Å². The Kier molecular flexibility index (Phi) is 5.72. The molecule has 1 N–H and O–H groups in total. The van der Waals surface area contributed by atoms with Crippen LogP contribution in [0.5, 0.6) is 0 Å². The van der Waals surface area contributed by atoms with Gasteiger partial charge in [0.1, 0.15) is 12.2 Å². The standard InChI is InChI=1S/C8H14ClNO2/c1-6(2)3-7(5-11)10-8(12)4-9/h5-7H,3-4H2,1-2H3,(H,10,12). The summed E-state index contributed by atoms with van der Waals surface area (Å²) in [7, 11) is 0. The van der Waals surface area contributed by atoms with Gasteiger partial charge in [-0.2, -0.15) is 0 Å². The molecule has 0 saturated carbocycles. The Morgan fingerprint density at radius 3 is 2.50 bits per heavy atom. The number of hydrogen-bond donors (Lipinski definition) is 1. The first-order valence-electron chi connectivity index (χ1n) is 3.90. The Labute approximate surface area is 77.5 Å². The molecule has 0 bridgehead atoms. The van der Waals surface area contributed by atoms with Crippen LogP contribution in [0, 0.1) is 5.92 Å². The third-order valence-electron chi connectivity index (χ3n) is 1.36. The lowest BCUT2D eigenvalue weighted by Gasteiger charge is -2.13. The van der Waals surface area contributed by atoms with Crippen molar-refractivity contribution in [1.82, 2.24) is 5.32 Å². The average Bonchev–Trinajstić information content (AvgIpc) is 2.02. The molecule has 0 aromatic carbocycles. The van der Waals surface area contributed by atoms with E-state index in [0.717, 1.165) is 6.29 Å². The zero-order valence-electron chi connectivity index (χ0n) is 7.34. The molecule has 3 nitrogen and oxygen atoms in total. The summed E-state index contributed by atoms with van der Waals surface area (Å²) in [6, 6.07) is -0.392. The van der Waals surface area contributed by atoms with Crippen LogP contribution < -0.4 is 5.32 Å². The molecule has 0 fully saturated rings. The Hall–Kier alpha value is -0.570. The number of rotatable bonds is 5. The lowest BCUT2D eigenvalue weighted by atomic mass is 10.1. The minimum Gasteiger partial charge on any atom is -0.346 e. The van der Waals surface area contributed by atoms with Crippen molar-refractivity contribution in [2.45, 2.75) is 26.3 Å². The van der Waals surface area contributed by atoms with Crippen molar-refractivity contribution in [2.24, 2.45) is 5.92 Å². The highest BCUT2D eigenvalue weighted by molar-refractivity contribution is 6.27. The summed E-state index contributed by atoms with van der Waals surface area (Å²) in [4.78, 5) is 21.2. The maximum atomic E-state index is 10.8. The highest BCUT2D eigenvalue weighted by Crippen LogP contribution is 2.02. The third-order valence-corrected chi connectivity index (χ3v) is 1.60. The second-order valence-electron chi connectivity index (χ2n) is 3.07. The van der Waals surface area contributed by atoms with E-state index in [1.165, 1.54) is 0 Å². The molecule has 0 aliphatic carbocycles. The molecule has 0 rings (SSSR count). The number of amides is 1. The van der Waals surface area contributed by atoms with Crippen molar-refractivity contribution >= 4 is 23.8 Å². The average molecular weight is 192 g/mol. The molecule has 0 aromatic heterocycles. The molecule has 1 unspecified atom stereocenters. The van der Waals surface area contributed by atoms with Gasteiger partial charge in [0, 0.05) is 0 Å². The summed E-state index contributed by atoms with van der Waals surface area (Å²) in [6.07, 6.45) is 1.40. The molecule has 0 spiro atoms. The predicted molar refractivity (Wildman–Crippen MR) is 48.2 cm³/mol. The van der Waals surface area contributed by atoms with Crippen LogP contribution in [-0.2, 0) is 9.59 Å². The molecule has 1 atom stereocenters. The third kappa shape index (κ3) is 5.13. The van der Waals surface area contributed by atoms with Crippen molar-refractivity contribution in [3.8, 4) is 0 Å². The van der Waals surface area contributed by atoms with Gasteiger partial charge in [-0.1, -0.05) is 13.8 Å². The van der Waals surface area contributed by atoms with Gasteiger partial charge in [-0.05, 0) is 12.3 Å². The normalized spacial score (nSPS) is 12.7.